The molecule has 8 nitrogen and oxygen atoms in total. The number of fused-ring (bicyclic) bond motifs is 3. The number of urea groups is 1. The van der Waals surface area contributed by atoms with Crippen LogP contribution in [0.4, 0.5) is 16.4 Å². The average Bonchev–Trinajstić information content (AvgIpc) is 3.17. The molecule has 0 radical (unpaired) electrons. The van der Waals surface area contributed by atoms with Gasteiger partial charge in [0.25, 0.3) is 5.91 Å². The summed E-state index contributed by atoms with van der Waals surface area (Å²) in [5.41, 5.74) is 4.36. The molecule has 4 rings (SSSR count). The van der Waals surface area contributed by atoms with Gasteiger partial charge in [-0.25, -0.2) is 13.9 Å². The van der Waals surface area contributed by atoms with Gasteiger partial charge in [-0.3, -0.25) is 14.6 Å². The first kappa shape index (κ1) is 18.2. The monoisotopic (exact) mass is 381 g/mol. The number of likely N-dealkylation sites (N-methyl/N-ethyl adjacent to an activating group) is 2. The zero-order valence-electron chi connectivity index (χ0n) is 16.9. The largest absolute Gasteiger partial charge is 0.402 e. The van der Waals surface area contributed by atoms with Gasteiger partial charge in [-0.15, -0.1) is 0 Å². The maximum absolute atomic E-state index is 12.8. The third-order valence-electron chi connectivity index (χ3n) is 5.74. The van der Waals surface area contributed by atoms with Gasteiger partial charge in [0.2, 0.25) is 11.9 Å². The number of hydrogen-bond donors (Lipinski definition) is 1. The van der Waals surface area contributed by atoms with E-state index >= 15 is 0 Å². The number of aryl methyl sites for hydroxylation is 1. The van der Waals surface area contributed by atoms with E-state index in [1.165, 1.54) is 17.5 Å². The summed E-state index contributed by atoms with van der Waals surface area (Å²) in [6.45, 7) is 7.54. The van der Waals surface area contributed by atoms with Crippen LogP contribution in [0.5, 0.6) is 0 Å². The van der Waals surface area contributed by atoms with Crippen LogP contribution in [0.25, 0.3) is 0 Å². The molecule has 1 aromatic heterocycles. The first-order chi connectivity index (χ1) is 13.3. The molecule has 8 heteroatoms. The highest BCUT2D eigenvalue weighted by Gasteiger charge is 2.53. The number of amidine groups is 1. The summed E-state index contributed by atoms with van der Waals surface area (Å²) in [5, 5.41) is 3.47. The van der Waals surface area contributed by atoms with E-state index in [-0.39, 0.29) is 11.9 Å². The highest BCUT2D eigenvalue weighted by atomic mass is 16.2. The molecule has 0 bridgehead atoms. The number of imide groups is 1. The Morgan fingerprint density at radius 2 is 1.82 bits per heavy atom. The normalized spacial score (nSPS) is 18.3. The lowest BCUT2D eigenvalue weighted by molar-refractivity contribution is -0.686. The van der Waals surface area contributed by atoms with Crippen molar-refractivity contribution >= 4 is 29.4 Å². The summed E-state index contributed by atoms with van der Waals surface area (Å²) >= 11 is 0. The summed E-state index contributed by atoms with van der Waals surface area (Å²) < 4.78 is 4.05. The molecule has 0 spiro atoms. The minimum Gasteiger partial charge on any atom is -0.382 e. The lowest BCUT2D eigenvalue weighted by atomic mass is 10.1. The Morgan fingerprint density at radius 3 is 2.54 bits per heavy atom. The lowest BCUT2D eigenvalue weighted by Gasteiger charge is -2.30. The van der Waals surface area contributed by atoms with Crippen LogP contribution in [-0.4, -0.2) is 52.8 Å². The quantitative estimate of drug-likeness (QED) is 0.823. The fourth-order valence-corrected chi connectivity index (χ4v) is 3.92. The van der Waals surface area contributed by atoms with Crippen LogP contribution in [0.2, 0.25) is 0 Å². The molecule has 0 aliphatic carbocycles. The van der Waals surface area contributed by atoms with E-state index in [0.29, 0.717) is 18.3 Å². The highest BCUT2D eigenvalue weighted by Crippen LogP contribution is 2.34. The summed E-state index contributed by atoms with van der Waals surface area (Å²) in [6.07, 6.45) is 0. The molecular weight excluding hydrogens is 356 g/mol. The van der Waals surface area contributed by atoms with Gasteiger partial charge in [-0.1, -0.05) is 23.2 Å². The molecule has 3 heterocycles. The van der Waals surface area contributed by atoms with Crippen LogP contribution < -0.4 is 9.88 Å². The molecule has 146 valence electrons. The third-order valence-corrected chi connectivity index (χ3v) is 5.74. The standard InChI is InChI=1S/C20H25N6O2/c1-12-8-6-7-9-15(12)21-10-11-25-13(2)14(3)26-16-17(22-19(25)26)23(4)20(28)24(5)18(16)27/h6-9,16,21H,10-11H2,1-5H3/q+1. The van der Waals surface area contributed by atoms with E-state index in [2.05, 4.69) is 33.9 Å². The topological polar surface area (TPSA) is 73.8 Å². The average molecular weight is 381 g/mol. The summed E-state index contributed by atoms with van der Waals surface area (Å²) in [4.78, 5) is 32.4. The Bertz CT molecular complexity index is 1020. The number of anilines is 1. The van der Waals surface area contributed by atoms with Crippen molar-refractivity contribution in [3.8, 4) is 0 Å². The number of carbonyl (C=O) groups excluding carboxylic acids is 2. The van der Waals surface area contributed by atoms with Crippen molar-refractivity contribution in [1.29, 1.82) is 0 Å². The number of para-hydroxylation sites is 1. The Morgan fingerprint density at radius 1 is 1.11 bits per heavy atom. The molecule has 1 saturated heterocycles. The fourth-order valence-electron chi connectivity index (χ4n) is 3.92. The maximum atomic E-state index is 12.8. The molecule has 0 saturated carbocycles. The van der Waals surface area contributed by atoms with Crippen molar-refractivity contribution in [1.82, 2.24) is 14.4 Å². The number of nitrogens with one attached hydrogen (secondary N) is 1. The van der Waals surface area contributed by atoms with Crippen LogP contribution in [0, 0.1) is 20.8 Å². The van der Waals surface area contributed by atoms with Crippen molar-refractivity contribution in [3.05, 3.63) is 41.2 Å². The minimum absolute atomic E-state index is 0.246. The molecule has 2 aromatic rings. The van der Waals surface area contributed by atoms with Crippen LogP contribution in [-0.2, 0) is 11.3 Å². The number of benzene rings is 1. The smallest absolute Gasteiger partial charge is 0.382 e. The first-order valence-electron chi connectivity index (χ1n) is 9.37. The SMILES string of the molecule is Cc1ccccc1NCC[n+]1c(C)c(C)n2c1N=C1C2C(=O)N(C)C(=O)N1C. The minimum atomic E-state index is -0.577. The maximum Gasteiger partial charge on any atom is 0.402 e. The fraction of sp³-hybridized carbons (Fsp3) is 0.400. The molecular formula is C20H25N6O2+. The molecule has 1 atom stereocenters. The van der Waals surface area contributed by atoms with Gasteiger partial charge in [0.15, 0.2) is 0 Å². The molecule has 3 amide bonds. The second kappa shape index (κ2) is 6.47. The zero-order chi connectivity index (χ0) is 20.2. The molecule has 1 fully saturated rings. The van der Waals surface area contributed by atoms with Crippen LogP contribution in [0.15, 0.2) is 29.3 Å². The van der Waals surface area contributed by atoms with Gasteiger partial charge in [0.1, 0.15) is 11.4 Å². The van der Waals surface area contributed by atoms with E-state index in [1.807, 2.05) is 30.5 Å². The number of aliphatic imine (C=N–C) groups is 1. The summed E-state index contributed by atoms with van der Waals surface area (Å²) in [7, 11) is 3.18. The second-order valence-corrected chi connectivity index (χ2v) is 7.35. The van der Waals surface area contributed by atoms with Crippen LogP contribution in [0.1, 0.15) is 23.0 Å². The van der Waals surface area contributed by atoms with Crippen molar-refractivity contribution in [3.63, 3.8) is 0 Å². The number of imidazole rings is 1. The zero-order valence-corrected chi connectivity index (χ0v) is 16.9. The van der Waals surface area contributed by atoms with E-state index in [1.54, 1.807) is 7.05 Å². The van der Waals surface area contributed by atoms with Crippen LogP contribution >= 0.6 is 0 Å². The van der Waals surface area contributed by atoms with Crippen molar-refractivity contribution < 1.29 is 14.2 Å². The van der Waals surface area contributed by atoms with Gasteiger partial charge >= 0.3 is 12.0 Å². The van der Waals surface area contributed by atoms with E-state index in [4.69, 9.17) is 0 Å². The number of carbonyl (C=O) groups is 2. The van der Waals surface area contributed by atoms with Gasteiger partial charge in [0, 0.05) is 26.3 Å². The van der Waals surface area contributed by atoms with Crippen molar-refractivity contribution in [2.75, 3.05) is 26.0 Å². The second-order valence-electron chi connectivity index (χ2n) is 7.35. The molecule has 1 unspecified atom stereocenters. The number of rotatable bonds is 4. The van der Waals surface area contributed by atoms with Gasteiger partial charge < -0.3 is 5.32 Å². The van der Waals surface area contributed by atoms with Crippen molar-refractivity contribution in [2.24, 2.45) is 4.99 Å². The number of amides is 3. The predicted octanol–water partition coefficient (Wildman–Crippen LogP) is 1.92. The number of nitrogens with zero attached hydrogens (tertiary/aromatic N) is 5. The van der Waals surface area contributed by atoms with Gasteiger partial charge in [-0.2, -0.15) is 0 Å². The van der Waals surface area contributed by atoms with Gasteiger partial charge in [0.05, 0.1) is 6.54 Å². The van der Waals surface area contributed by atoms with E-state index < -0.39 is 6.04 Å². The summed E-state index contributed by atoms with van der Waals surface area (Å²) in [6, 6.07) is 7.24. The Balaban J connectivity index is 1.65. The molecule has 1 N–H and O–H groups in total. The molecule has 2 aliphatic heterocycles. The van der Waals surface area contributed by atoms with Gasteiger partial charge in [-0.05, 0) is 32.4 Å². The summed E-state index contributed by atoms with van der Waals surface area (Å²) in [5.74, 6) is 0.959. The third kappa shape index (κ3) is 2.51. The molecule has 2 aliphatic rings. The van der Waals surface area contributed by atoms with Crippen LogP contribution in [0.3, 0.4) is 0 Å². The lowest BCUT2D eigenvalue weighted by Crippen LogP contribution is -2.56. The molecule has 28 heavy (non-hydrogen) atoms. The number of aromatic nitrogens is 2. The number of hydrogen-bond acceptors (Lipinski definition) is 4. The van der Waals surface area contributed by atoms with E-state index in [9.17, 15) is 9.59 Å². The predicted molar refractivity (Wildman–Crippen MR) is 106 cm³/mol. The Hall–Kier alpha value is -3.16. The Kier molecular flexibility index (Phi) is 4.21. The highest BCUT2D eigenvalue weighted by molar-refractivity contribution is 6.20. The van der Waals surface area contributed by atoms with Crippen molar-refractivity contribution in [2.45, 2.75) is 33.4 Å². The molecule has 1 aromatic carbocycles. The van der Waals surface area contributed by atoms with E-state index in [0.717, 1.165) is 28.5 Å². The Labute approximate surface area is 164 Å². The first-order valence-corrected chi connectivity index (χ1v) is 9.37.